The van der Waals surface area contributed by atoms with E-state index in [1.165, 1.54) is 23.1 Å². The molecule has 0 heterocycles. The highest BCUT2D eigenvalue weighted by atomic mass is 14.9. The molecule has 1 N–H and O–H groups in total. The molecular weight excluding hydrogens is 206 g/mol. The average Bonchev–Trinajstić information content (AvgIpc) is 2.29. The van der Waals surface area contributed by atoms with Crippen LogP contribution in [0.2, 0.25) is 0 Å². The minimum absolute atomic E-state index is 0.953. The summed E-state index contributed by atoms with van der Waals surface area (Å²) in [4.78, 5) is 0. The summed E-state index contributed by atoms with van der Waals surface area (Å²) in [5, 5.41) is 3.26. The Morgan fingerprint density at radius 2 is 2.12 bits per heavy atom. The van der Waals surface area contributed by atoms with Crippen molar-refractivity contribution < 1.29 is 0 Å². The van der Waals surface area contributed by atoms with Crippen LogP contribution in [0.3, 0.4) is 0 Å². The molecule has 1 aromatic rings. The van der Waals surface area contributed by atoms with Gasteiger partial charge in [0.2, 0.25) is 0 Å². The van der Waals surface area contributed by atoms with E-state index in [0.717, 1.165) is 25.1 Å². The Hall–Kier alpha value is -1.50. The van der Waals surface area contributed by atoms with E-state index in [9.17, 15) is 0 Å². The van der Waals surface area contributed by atoms with Crippen LogP contribution in [0.4, 0.5) is 0 Å². The fourth-order valence-corrected chi connectivity index (χ4v) is 1.92. The molecule has 1 rings (SSSR count). The van der Waals surface area contributed by atoms with Crippen LogP contribution >= 0.6 is 0 Å². The van der Waals surface area contributed by atoms with Gasteiger partial charge in [0, 0.05) is 12.2 Å². The van der Waals surface area contributed by atoms with Crippen LogP contribution in [0, 0.1) is 0 Å². The van der Waals surface area contributed by atoms with Crippen molar-refractivity contribution in [2.45, 2.75) is 33.1 Å². The fraction of sp³-hybridized carbons (Fsp3) is 0.375. The van der Waals surface area contributed by atoms with Gasteiger partial charge in [-0.1, -0.05) is 50.8 Å². The van der Waals surface area contributed by atoms with Crippen LogP contribution in [-0.2, 0) is 12.8 Å². The molecule has 1 nitrogen and oxygen atoms in total. The summed E-state index contributed by atoms with van der Waals surface area (Å²) in [6.07, 6.45) is 5.29. The first-order chi connectivity index (χ1) is 8.17. The molecule has 0 spiro atoms. The molecule has 1 heteroatoms. The van der Waals surface area contributed by atoms with Crippen molar-refractivity contribution in [1.82, 2.24) is 5.32 Å². The van der Waals surface area contributed by atoms with Crippen molar-refractivity contribution in [2.75, 3.05) is 6.54 Å². The summed E-state index contributed by atoms with van der Waals surface area (Å²) >= 11 is 0. The van der Waals surface area contributed by atoms with Gasteiger partial charge >= 0.3 is 0 Å². The third-order valence-corrected chi connectivity index (χ3v) is 2.79. The lowest BCUT2D eigenvalue weighted by Gasteiger charge is -2.09. The predicted molar refractivity (Wildman–Crippen MR) is 77.0 cm³/mol. The van der Waals surface area contributed by atoms with Crippen molar-refractivity contribution in [3.8, 4) is 0 Å². The number of allylic oxidation sites excluding steroid dienone is 1. The third kappa shape index (κ3) is 4.48. The van der Waals surface area contributed by atoms with E-state index in [2.05, 4.69) is 43.6 Å². The van der Waals surface area contributed by atoms with Gasteiger partial charge in [0.15, 0.2) is 0 Å². The van der Waals surface area contributed by atoms with Gasteiger partial charge in [-0.2, -0.15) is 0 Å². The molecule has 92 valence electrons. The number of aryl methyl sites for hydroxylation is 1. The maximum Gasteiger partial charge on any atom is 0.0184 e. The number of nitrogens with one attached hydrogen (secondary N) is 1. The van der Waals surface area contributed by atoms with Gasteiger partial charge in [0.05, 0.1) is 0 Å². The lowest BCUT2D eigenvalue weighted by molar-refractivity contribution is 0.789. The van der Waals surface area contributed by atoms with Crippen LogP contribution < -0.4 is 5.32 Å². The van der Waals surface area contributed by atoms with Crippen LogP contribution in [0.15, 0.2) is 37.1 Å². The molecule has 17 heavy (non-hydrogen) atoms. The summed E-state index contributed by atoms with van der Waals surface area (Å²) in [7, 11) is 0. The molecule has 0 saturated carbocycles. The largest absolute Gasteiger partial charge is 0.389 e. The highest BCUT2D eigenvalue weighted by Crippen LogP contribution is 2.15. The number of hydrogen-bond donors (Lipinski definition) is 1. The number of benzene rings is 1. The van der Waals surface area contributed by atoms with Gasteiger partial charge in [0.1, 0.15) is 0 Å². The van der Waals surface area contributed by atoms with Crippen molar-refractivity contribution in [2.24, 2.45) is 0 Å². The second-order valence-corrected chi connectivity index (χ2v) is 4.44. The molecule has 0 unspecified atom stereocenters. The first kappa shape index (κ1) is 13.6. The Morgan fingerprint density at radius 1 is 1.35 bits per heavy atom. The molecule has 0 aliphatic heterocycles. The molecule has 0 atom stereocenters. The number of hydrogen-bond acceptors (Lipinski definition) is 1. The second-order valence-electron chi connectivity index (χ2n) is 4.44. The van der Waals surface area contributed by atoms with Crippen LogP contribution in [0.1, 0.15) is 37.0 Å². The van der Waals surface area contributed by atoms with Crippen LogP contribution in [0.25, 0.3) is 6.08 Å². The van der Waals surface area contributed by atoms with E-state index in [1.807, 2.05) is 13.0 Å². The summed E-state index contributed by atoms with van der Waals surface area (Å²) in [5.41, 5.74) is 5.09. The molecule has 0 saturated heterocycles. The molecule has 0 bridgehead atoms. The number of rotatable bonds is 7. The van der Waals surface area contributed by atoms with Crippen molar-refractivity contribution in [3.05, 3.63) is 53.7 Å². The molecule has 0 aliphatic carbocycles. The van der Waals surface area contributed by atoms with E-state index >= 15 is 0 Å². The van der Waals surface area contributed by atoms with Gasteiger partial charge in [-0.3, -0.25) is 0 Å². The lowest BCUT2D eigenvalue weighted by Crippen LogP contribution is -2.14. The first-order valence-corrected chi connectivity index (χ1v) is 6.31. The molecule has 1 aromatic carbocycles. The standard InChI is InChI=1S/C16H23N/c1-5-7-16-12-14(8-9-15(16)6-2)10-11-17-13(3)4/h6,8-9,12,17H,2-3,5,7,10-11H2,1,4H3. The molecule has 0 aliphatic rings. The lowest BCUT2D eigenvalue weighted by atomic mass is 9.99. The summed E-state index contributed by atoms with van der Waals surface area (Å²) in [5.74, 6) is 0. The first-order valence-electron chi connectivity index (χ1n) is 6.31. The van der Waals surface area contributed by atoms with Gasteiger partial charge < -0.3 is 5.32 Å². The summed E-state index contributed by atoms with van der Waals surface area (Å²) in [6.45, 7) is 12.9. The normalized spacial score (nSPS) is 10.0. The minimum Gasteiger partial charge on any atom is -0.389 e. The van der Waals surface area contributed by atoms with Gasteiger partial charge in [0.25, 0.3) is 0 Å². The Morgan fingerprint density at radius 3 is 2.71 bits per heavy atom. The highest BCUT2D eigenvalue weighted by molar-refractivity contribution is 5.53. The summed E-state index contributed by atoms with van der Waals surface area (Å²) < 4.78 is 0. The van der Waals surface area contributed by atoms with Crippen molar-refractivity contribution >= 4 is 6.08 Å². The van der Waals surface area contributed by atoms with Crippen LogP contribution in [0.5, 0.6) is 0 Å². The third-order valence-electron chi connectivity index (χ3n) is 2.79. The highest BCUT2D eigenvalue weighted by Gasteiger charge is 2.01. The molecule has 0 radical (unpaired) electrons. The van der Waals surface area contributed by atoms with E-state index in [0.29, 0.717) is 0 Å². The Balaban J connectivity index is 2.70. The Bertz CT molecular complexity index is 391. The average molecular weight is 229 g/mol. The topological polar surface area (TPSA) is 12.0 Å². The monoisotopic (exact) mass is 229 g/mol. The molecular formula is C16H23N. The quantitative estimate of drug-likeness (QED) is 0.746. The zero-order valence-electron chi connectivity index (χ0n) is 11.1. The van der Waals surface area contributed by atoms with E-state index < -0.39 is 0 Å². The maximum absolute atomic E-state index is 3.86. The minimum atomic E-state index is 0.953. The predicted octanol–water partition coefficient (Wildman–Crippen LogP) is 3.95. The van der Waals surface area contributed by atoms with Crippen molar-refractivity contribution in [1.29, 1.82) is 0 Å². The molecule has 0 fully saturated rings. The van der Waals surface area contributed by atoms with Gasteiger partial charge in [-0.05, 0) is 36.5 Å². The van der Waals surface area contributed by atoms with Gasteiger partial charge in [-0.25, -0.2) is 0 Å². The zero-order chi connectivity index (χ0) is 12.7. The van der Waals surface area contributed by atoms with E-state index in [4.69, 9.17) is 0 Å². The summed E-state index contributed by atoms with van der Waals surface area (Å²) in [6, 6.07) is 6.67. The zero-order valence-corrected chi connectivity index (χ0v) is 11.1. The maximum atomic E-state index is 3.86. The molecule has 0 aromatic heterocycles. The van der Waals surface area contributed by atoms with Crippen LogP contribution in [-0.4, -0.2) is 6.54 Å². The molecule has 0 amide bonds. The van der Waals surface area contributed by atoms with E-state index in [1.54, 1.807) is 0 Å². The Labute approximate surface area is 105 Å². The smallest absolute Gasteiger partial charge is 0.0184 e. The van der Waals surface area contributed by atoms with E-state index in [-0.39, 0.29) is 0 Å². The SMILES string of the molecule is C=Cc1ccc(CCNC(=C)C)cc1CCC. The fourth-order valence-electron chi connectivity index (χ4n) is 1.92. The second kappa shape index (κ2) is 6.95. The van der Waals surface area contributed by atoms with Crippen molar-refractivity contribution in [3.63, 3.8) is 0 Å². The van der Waals surface area contributed by atoms with Gasteiger partial charge in [-0.15, -0.1) is 0 Å². The Kier molecular flexibility index (Phi) is 5.55.